The van der Waals surface area contributed by atoms with Crippen LogP contribution in [0.25, 0.3) is 0 Å². The summed E-state index contributed by atoms with van der Waals surface area (Å²) < 4.78 is 0. The van der Waals surface area contributed by atoms with Gasteiger partial charge in [-0.1, -0.05) is 0 Å². The van der Waals surface area contributed by atoms with Crippen LogP contribution in [0.2, 0.25) is 0 Å². The highest BCUT2D eigenvalue weighted by molar-refractivity contribution is 5.07. The Morgan fingerprint density at radius 2 is 1.80 bits per heavy atom. The Labute approximate surface area is 124 Å². The highest BCUT2D eigenvalue weighted by Gasteiger charge is 2.49. The molecule has 4 nitrogen and oxygen atoms in total. The molecule has 0 radical (unpaired) electrons. The van der Waals surface area contributed by atoms with E-state index in [1.54, 1.807) is 0 Å². The maximum Gasteiger partial charge on any atom is 0.0473 e. The fourth-order valence-electron chi connectivity index (χ4n) is 4.49. The molecule has 3 fully saturated rings. The Bertz CT molecular complexity index is 333. The highest BCUT2D eigenvalue weighted by Crippen LogP contribution is 2.40. The van der Waals surface area contributed by atoms with Crippen molar-refractivity contribution in [3.63, 3.8) is 0 Å². The third kappa shape index (κ3) is 2.63. The van der Waals surface area contributed by atoms with E-state index in [2.05, 4.69) is 35.7 Å². The summed E-state index contributed by atoms with van der Waals surface area (Å²) in [5.74, 6) is 0. The molecule has 1 aliphatic carbocycles. The van der Waals surface area contributed by atoms with E-state index in [9.17, 15) is 0 Å². The van der Waals surface area contributed by atoms with Gasteiger partial charge in [0.05, 0.1) is 0 Å². The molecule has 0 amide bonds. The summed E-state index contributed by atoms with van der Waals surface area (Å²) in [6.45, 7) is 6.90. The maximum absolute atomic E-state index is 6.26. The molecule has 2 unspecified atom stereocenters. The van der Waals surface area contributed by atoms with Crippen molar-refractivity contribution >= 4 is 0 Å². The first kappa shape index (κ1) is 14.8. The van der Waals surface area contributed by atoms with Crippen LogP contribution in [0, 0.1) is 0 Å². The van der Waals surface area contributed by atoms with Crippen molar-refractivity contribution in [2.75, 3.05) is 40.3 Å². The maximum atomic E-state index is 6.26. The quantitative estimate of drug-likeness (QED) is 0.832. The van der Waals surface area contributed by atoms with E-state index in [1.165, 1.54) is 51.7 Å². The number of nitrogens with zero attached hydrogens (tertiary/aromatic N) is 3. The Hall–Kier alpha value is -0.160. The van der Waals surface area contributed by atoms with Crippen LogP contribution in [0.15, 0.2) is 0 Å². The van der Waals surface area contributed by atoms with Crippen LogP contribution in [0.1, 0.15) is 39.0 Å². The van der Waals surface area contributed by atoms with Crippen LogP contribution >= 0.6 is 0 Å². The van der Waals surface area contributed by atoms with Gasteiger partial charge in [-0.15, -0.1) is 0 Å². The summed E-state index contributed by atoms with van der Waals surface area (Å²) >= 11 is 0. The molecule has 4 heteroatoms. The Balaban J connectivity index is 1.65. The molecule has 0 aromatic rings. The number of nitrogens with two attached hydrogens (primary N) is 1. The summed E-state index contributed by atoms with van der Waals surface area (Å²) in [5.41, 5.74) is 6.52. The fourth-order valence-corrected chi connectivity index (χ4v) is 4.49. The molecule has 1 saturated carbocycles. The van der Waals surface area contributed by atoms with Gasteiger partial charge < -0.3 is 10.6 Å². The molecule has 20 heavy (non-hydrogen) atoms. The van der Waals surface area contributed by atoms with Crippen LogP contribution < -0.4 is 5.73 Å². The lowest BCUT2D eigenvalue weighted by atomic mass is 9.90. The van der Waals surface area contributed by atoms with E-state index in [4.69, 9.17) is 5.73 Å². The minimum atomic E-state index is 0.263. The van der Waals surface area contributed by atoms with Crippen LogP contribution in [-0.4, -0.2) is 78.6 Å². The topological polar surface area (TPSA) is 35.7 Å². The van der Waals surface area contributed by atoms with Crippen molar-refractivity contribution in [3.8, 4) is 0 Å². The van der Waals surface area contributed by atoms with E-state index >= 15 is 0 Å². The third-order valence-corrected chi connectivity index (χ3v) is 5.98. The van der Waals surface area contributed by atoms with Crippen LogP contribution in [0.4, 0.5) is 0 Å². The lowest BCUT2D eigenvalue weighted by Gasteiger charge is -2.45. The summed E-state index contributed by atoms with van der Waals surface area (Å²) in [6.07, 6.45) is 6.69. The zero-order chi connectivity index (χ0) is 14.3. The second-order valence-electron chi connectivity index (χ2n) is 7.57. The average Bonchev–Trinajstić information content (AvgIpc) is 3.23. The van der Waals surface area contributed by atoms with E-state index in [-0.39, 0.29) is 5.54 Å². The molecule has 3 rings (SSSR count). The van der Waals surface area contributed by atoms with Crippen molar-refractivity contribution in [1.82, 2.24) is 14.7 Å². The minimum Gasteiger partial charge on any atom is -0.329 e. The van der Waals surface area contributed by atoms with Gasteiger partial charge >= 0.3 is 0 Å². The number of hydrogen-bond donors (Lipinski definition) is 1. The second-order valence-corrected chi connectivity index (χ2v) is 7.57. The number of rotatable bonds is 4. The zero-order valence-electron chi connectivity index (χ0n) is 13.5. The first-order chi connectivity index (χ1) is 9.55. The van der Waals surface area contributed by atoms with Crippen LogP contribution in [0.3, 0.4) is 0 Å². The summed E-state index contributed by atoms with van der Waals surface area (Å²) in [7, 11) is 4.43. The Morgan fingerprint density at radius 1 is 1.15 bits per heavy atom. The van der Waals surface area contributed by atoms with E-state index in [0.29, 0.717) is 0 Å². The smallest absolute Gasteiger partial charge is 0.0473 e. The van der Waals surface area contributed by atoms with Gasteiger partial charge in [-0.3, -0.25) is 9.80 Å². The average molecular weight is 280 g/mol. The molecule has 116 valence electrons. The summed E-state index contributed by atoms with van der Waals surface area (Å²) in [6, 6.07) is 2.36. The summed E-state index contributed by atoms with van der Waals surface area (Å²) in [5, 5.41) is 0. The summed E-state index contributed by atoms with van der Waals surface area (Å²) in [4.78, 5) is 7.86. The first-order valence-electron chi connectivity index (χ1n) is 8.43. The van der Waals surface area contributed by atoms with Gasteiger partial charge in [-0.2, -0.15) is 0 Å². The molecule has 2 atom stereocenters. The molecule has 2 saturated heterocycles. The molecular weight excluding hydrogens is 248 g/mol. The third-order valence-electron chi connectivity index (χ3n) is 5.98. The monoisotopic (exact) mass is 280 g/mol. The molecule has 2 aliphatic heterocycles. The molecule has 3 aliphatic rings. The highest BCUT2D eigenvalue weighted by atomic mass is 15.3. The Kier molecular flexibility index (Phi) is 4.10. The zero-order valence-corrected chi connectivity index (χ0v) is 13.5. The van der Waals surface area contributed by atoms with Crippen molar-refractivity contribution < 1.29 is 0 Å². The van der Waals surface area contributed by atoms with Crippen molar-refractivity contribution in [2.45, 2.75) is 62.7 Å². The normalized spacial score (nSPS) is 38.0. The molecular formula is C16H32N4. The van der Waals surface area contributed by atoms with E-state index in [0.717, 1.165) is 24.7 Å². The largest absolute Gasteiger partial charge is 0.329 e. The van der Waals surface area contributed by atoms with Crippen LogP contribution in [0.5, 0.6) is 0 Å². The molecule has 2 N–H and O–H groups in total. The molecule has 0 aromatic heterocycles. The van der Waals surface area contributed by atoms with Gasteiger partial charge in [0, 0.05) is 49.8 Å². The van der Waals surface area contributed by atoms with E-state index in [1.807, 2.05) is 0 Å². The first-order valence-corrected chi connectivity index (χ1v) is 8.43. The van der Waals surface area contributed by atoms with Crippen molar-refractivity contribution in [2.24, 2.45) is 5.73 Å². The molecule has 0 aromatic carbocycles. The predicted molar refractivity (Wildman–Crippen MR) is 83.9 cm³/mol. The fraction of sp³-hybridized carbons (Fsp3) is 1.00. The standard InChI is InChI=1S/C16H32N4/c1-13-10-16(11-17,12-20(13)15-4-5-15)19-8-6-14(7-9-19)18(2)3/h13-15H,4-12,17H2,1-3H3. The predicted octanol–water partition coefficient (Wildman–Crippen LogP) is 0.967. The lowest BCUT2D eigenvalue weighted by molar-refractivity contribution is 0.0490. The second kappa shape index (κ2) is 5.56. The van der Waals surface area contributed by atoms with Crippen molar-refractivity contribution in [1.29, 1.82) is 0 Å². The molecule has 0 spiro atoms. The van der Waals surface area contributed by atoms with Crippen molar-refractivity contribution in [3.05, 3.63) is 0 Å². The van der Waals surface area contributed by atoms with Gasteiger partial charge in [0.15, 0.2) is 0 Å². The number of likely N-dealkylation sites (tertiary alicyclic amines) is 2. The molecule has 0 bridgehead atoms. The van der Waals surface area contributed by atoms with Gasteiger partial charge in [0.25, 0.3) is 0 Å². The van der Waals surface area contributed by atoms with Gasteiger partial charge in [-0.25, -0.2) is 0 Å². The van der Waals surface area contributed by atoms with Gasteiger partial charge in [-0.05, 0) is 53.1 Å². The lowest BCUT2D eigenvalue weighted by Crippen LogP contribution is -2.59. The molecule has 2 heterocycles. The van der Waals surface area contributed by atoms with Crippen LogP contribution in [-0.2, 0) is 0 Å². The number of piperidine rings is 1. The minimum absolute atomic E-state index is 0.263. The van der Waals surface area contributed by atoms with Gasteiger partial charge in [0.2, 0.25) is 0 Å². The SMILES string of the molecule is CC1CC(CN)(N2CCC(N(C)C)CC2)CN1C1CC1. The van der Waals surface area contributed by atoms with E-state index < -0.39 is 0 Å². The van der Waals surface area contributed by atoms with Gasteiger partial charge in [0.1, 0.15) is 0 Å². The Morgan fingerprint density at radius 3 is 2.30 bits per heavy atom. The number of hydrogen-bond acceptors (Lipinski definition) is 4.